The van der Waals surface area contributed by atoms with Gasteiger partial charge >= 0.3 is 0 Å². The van der Waals surface area contributed by atoms with E-state index in [1.165, 1.54) is 22.3 Å². The summed E-state index contributed by atoms with van der Waals surface area (Å²) in [5.41, 5.74) is 9.16. The van der Waals surface area contributed by atoms with E-state index in [1.54, 1.807) is 0 Å². The van der Waals surface area contributed by atoms with E-state index in [1.807, 2.05) is 38.1 Å². The van der Waals surface area contributed by atoms with E-state index >= 15 is 0 Å². The van der Waals surface area contributed by atoms with E-state index in [2.05, 4.69) is 53.1 Å². The molecule has 0 bridgehead atoms. The minimum Gasteiger partial charge on any atom is -0.493 e. The second-order valence-corrected chi connectivity index (χ2v) is 15.9. The first-order chi connectivity index (χ1) is 26.7. The Morgan fingerprint density at radius 2 is 1.18 bits per heavy atom. The third-order valence-corrected chi connectivity index (χ3v) is 11.9. The third kappa shape index (κ3) is 9.39. The average Bonchev–Trinajstić information content (AvgIpc) is 3.59. The Morgan fingerprint density at radius 1 is 0.636 bits per heavy atom. The highest BCUT2D eigenvalue weighted by atomic mass is 35.5. The number of likely N-dealkylation sites (tertiary alicyclic amines) is 2. The van der Waals surface area contributed by atoms with Gasteiger partial charge in [-0.2, -0.15) is 0 Å². The Balaban J connectivity index is 1.06. The molecule has 3 aliphatic rings. The quantitative estimate of drug-likeness (QED) is 0.131. The van der Waals surface area contributed by atoms with Gasteiger partial charge in [0.25, 0.3) is 0 Å². The van der Waals surface area contributed by atoms with Crippen molar-refractivity contribution >= 4 is 23.2 Å². The van der Waals surface area contributed by atoms with E-state index in [0.717, 1.165) is 112 Å². The zero-order chi connectivity index (χ0) is 38.5. The predicted octanol–water partition coefficient (Wildman–Crippen LogP) is 9.32. The molecular weight excluding hydrogens is 735 g/mol. The summed E-state index contributed by atoms with van der Waals surface area (Å²) in [4.78, 5) is 4.68. The molecule has 2 N–H and O–H groups in total. The van der Waals surface area contributed by atoms with Crippen molar-refractivity contribution in [1.29, 1.82) is 0 Å². The summed E-state index contributed by atoms with van der Waals surface area (Å²) in [6.07, 6.45) is 4.32. The summed E-state index contributed by atoms with van der Waals surface area (Å²) in [5.74, 6) is 2.80. The summed E-state index contributed by atoms with van der Waals surface area (Å²) < 4.78 is 25.2. The Hall–Kier alpha value is -3.50. The van der Waals surface area contributed by atoms with E-state index in [4.69, 9.17) is 42.1 Å². The molecule has 2 aliphatic heterocycles. The molecule has 4 aromatic carbocycles. The number of ether oxygens (including phenoxy) is 4. The summed E-state index contributed by atoms with van der Waals surface area (Å²) in [5, 5.41) is 21.0. The maximum Gasteiger partial charge on any atom is 0.142 e. The molecule has 4 aromatic rings. The van der Waals surface area contributed by atoms with Gasteiger partial charge in [-0.25, -0.2) is 0 Å². The normalized spacial score (nSPS) is 18.3. The van der Waals surface area contributed by atoms with Crippen LogP contribution in [0.1, 0.15) is 85.4 Å². The Bertz CT molecular complexity index is 1940. The van der Waals surface area contributed by atoms with Crippen LogP contribution in [0.2, 0.25) is 10.0 Å². The third-order valence-electron chi connectivity index (χ3n) is 11.3. The molecule has 8 nitrogen and oxygen atoms in total. The van der Waals surface area contributed by atoms with Gasteiger partial charge < -0.3 is 29.2 Å². The second kappa shape index (κ2) is 18.2. The van der Waals surface area contributed by atoms with Crippen LogP contribution in [0.15, 0.2) is 60.7 Å². The van der Waals surface area contributed by atoms with Crippen LogP contribution in [0, 0.1) is 6.92 Å². The number of aliphatic hydroxyl groups excluding tert-OH is 2. The average molecular weight is 790 g/mol. The highest BCUT2D eigenvalue weighted by molar-refractivity contribution is 6.32. The van der Waals surface area contributed by atoms with Gasteiger partial charge in [0.1, 0.15) is 35.7 Å². The first-order valence-corrected chi connectivity index (χ1v) is 20.7. The monoisotopic (exact) mass is 788 g/mol. The molecule has 2 heterocycles. The van der Waals surface area contributed by atoms with Crippen molar-refractivity contribution in [3.63, 3.8) is 0 Å². The lowest BCUT2D eigenvalue weighted by molar-refractivity contribution is 0.0786. The highest BCUT2D eigenvalue weighted by Gasteiger charge is 2.29. The topological polar surface area (TPSA) is 83.9 Å². The van der Waals surface area contributed by atoms with Crippen molar-refractivity contribution in [3.05, 3.63) is 104 Å². The SMILES string of the molecule is CCOc1cc(OCc2cccc(-c3cccc4c3CC[C@@H]4Oc3cc(OCC)c(CN4CCC(O)CC4)cc3Cl)c2C)c(Cl)cc1CN1CCC(O)CC1. The molecule has 55 heavy (non-hydrogen) atoms. The van der Waals surface area contributed by atoms with Crippen LogP contribution in [0.4, 0.5) is 0 Å². The number of hydrogen-bond acceptors (Lipinski definition) is 8. The maximum absolute atomic E-state index is 9.96. The first-order valence-electron chi connectivity index (χ1n) is 19.9. The molecule has 10 heteroatoms. The molecular formula is C45H54Cl2N2O6. The van der Waals surface area contributed by atoms with Crippen molar-refractivity contribution in [3.8, 4) is 34.1 Å². The van der Waals surface area contributed by atoms with Gasteiger partial charge in [0.05, 0.1) is 35.5 Å². The zero-order valence-corrected chi connectivity index (χ0v) is 33.8. The molecule has 0 aromatic heterocycles. The highest BCUT2D eigenvalue weighted by Crippen LogP contribution is 2.44. The summed E-state index contributed by atoms with van der Waals surface area (Å²) >= 11 is 13.7. The van der Waals surface area contributed by atoms with Gasteiger partial charge in [-0.1, -0.05) is 59.6 Å². The van der Waals surface area contributed by atoms with Crippen LogP contribution in [0.5, 0.6) is 23.0 Å². The van der Waals surface area contributed by atoms with Gasteiger partial charge in [-0.3, -0.25) is 9.80 Å². The van der Waals surface area contributed by atoms with Gasteiger partial charge in [0.2, 0.25) is 0 Å². The standard InChI is InChI=1S/C45H54Cl2N2O6/c1-4-52-42-24-44(39(46)22-31(42)26-48-18-14-33(50)15-19-48)54-28-30-8-6-9-35(29(30)3)36-10-7-11-38-37(36)12-13-41(38)55-45-25-43(53-5-2)32(23-40(45)47)27-49-20-16-34(51)17-21-49/h6-11,22-25,33-34,41,50-51H,4-5,12-21,26-28H2,1-3H3/t41-/m0/s1. The van der Waals surface area contributed by atoms with Crippen molar-refractivity contribution < 1.29 is 29.2 Å². The predicted molar refractivity (Wildman–Crippen MR) is 219 cm³/mol. The summed E-state index contributed by atoms with van der Waals surface area (Å²) in [6, 6.07) is 20.7. The minimum atomic E-state index is -0.214. The number of aliphatic hydroxyl groups is 2. The minimum absolute atomic E-state index is 0.130. The van der Waals surface area contributed by atoms with Crippen LogP contribution in [0.3, 0.4) is 0 Å². The number of fused-ring (bicyclic) bond motifs is 1. The van der Waals surface area contributed by atoms with Gasteiger partial charge in [0, 0.05) is 62.5 Å². The van der Waals surface area contributed by atoms with Crippen molar-refractivity contribution in [1.82, 2.24) is 9.80 Å². The van der Waals surface area contributed by atoms with Crippen LogP contribution in [-0.4, -0.2) is 71.6 Å². The molecule has 0 radical (unpaired) electrons. The smallest absolute Gasteiger partial charge is 0.142 e. The van der Waals surface area contributed by atoms with E-state index in [0.29, 0.717) is 41.4 Å². The fourth-order valence-electron chi connectivity index (χ4n) is 8.25. The van der Waals surface area contributed by atoms with Crippen LogP contribution >= 0.6 is 23.2 Å². The Kier molecular flexibility index (Phi) is 13.1. The lowest BCUT2D eigenvalue weighted by atomic mass is 9.91. The number of hydrogen-bond donors (Lipinski definition) is 2. The largest absolute Gasteiger partial charge is 0.493 e. The number of benzene rings is 4. The lowest BCUT2D eigenvalue weighted by Gasteiger charge is -2.30. The summed E-state index contributed by atoms with van der Waals surface area (Å²) in [7, 11) is 0. The van der Waals surface area contributed by atoms with Crippen molar-refractivity contribution in [2.45, 2.75) is 97.3 Å². The molecule has 0 unspecified atom stereocenters. The molecule has 1 aliphatic carbocycles. The molecule has 0 spiro atoms. The number of rotatable bonds is 14. The Labute approximate surface area is 335 Å². The Morgan fingerprint density at radius 3 is 1.78 bits per heavy atom. The van der Waals surface area contributed by atoms with Crippen LogP contribution in [-0.2, 0) is 26.1 Å². The van der Waals surface area contributed by atoms with E-state index in [-0.39, 0.29) is 18.3 Å². The van der Waals surface area contributed by atoms with E-state index in [9.17, 15) is 10.2 Å². The molecule has 7 rings (SSSR count). The number of nitrogens with zero attached hydrogens (tertiary/aromatic N) is 2. The number of piperidine rings is 2. The maximum atomic E-state index is 9.96. The van der Waals surface area contributed by atoms with Gasteiger partial charge in [-0.15, -0.1) is 0 Å². The molecule has 1 atom stereocenters. The molecule has 2 fully saturated rings. The molecule has 2 saturated heterocycles. The van der Waals surface area contributed by atoms with Crippen molar-refractivity contribution in [2.24, 2.45) is 0 Å². The summed E-state index contributed by atoms with van der Waals surface area (Å²) in [6.45, 7) is 12.4. The van der Waals surface area contributed by atoms with Gasteiger partial charge in [0.15, 0.2) is 0 Å². The first kappa shape index (κ1) is 39.7. The van der Waals surface area contributed by atoms with Crippen molar-refractivity contribution in [2.75, 3.05) is 39.4 Å². The fourth-order valence-corrected chi connectivity index (χ4v) is 8.72. The van der Waals surface area contributed by atoms with Gasteiger partial charge in [-0.05, 0) is 105 Å². The lowest BCUT2D eigenvalue weighted by Crippen LogP contribution is -2.35. The fraction of sp³-hybridized carbons (Fsp3) is 0.467. The molecule has 0 saturated carbocycles. The second-order valence-electron chi connectivity index (χ2n) is 15.1. The van der Waals surface area contributed by atoms with E-state index < -0.39 is 0 Å². The zero-order valence-electron chi connectivity index (χ0n) is 32.3. The van der Waals surface area contributed by atoms with Crippen LogP contribution in [0.25, 0.3) is 11.1 Å². The number of halogens is 2. The molecule has 0 amide bonds. The van der Waals surface area contributed by atoms with Crippen LogP contribution < -0.4 is 18.9 Å². The molecule has 294 valence electrons.